The Labute approximate surface area is 159 Å². The third-order valence-electron chi connectivity index (χ3n) is 5.10. The van der Waals surface area contributed by atoms with Crippen LogP contribution in [0.25, 0.3) is 11.0 Å². The average molecular weight is 375 g/mol. The Bertz CT molecular complexity index is 804. The first-order valence-corrected chi connectivity index (χ1v) is 9.78. The lowest BCUT2D eigenvalue weighted by atomic mass is 9.94. The van der Waals surface area contributed by atoms with Gasteiger partial charge in [-0.3, -0.25) is 4.79 Å². The van der Waals surface area contributed by atoms with E-state index >= 15 is 0 Å². The van der Waals surface area contributed by atoms with Crippen LogP contribution < -0.4 is 4.90 Å². The zero-order valence-electron chi connectivity index (χ0n) is 16.3. The fourth-order valence-corrected chi connectivity index (χ4v) is 3.67. The summed E-state index contributed by atoms with van der Waals surface area (Å²) in [5.41, 5.74) is 1.77. The van der Waals surface area contributed by atoms with Gasteiger partial charge in [-0.25, -0.2) is 14.6 Å². The molecule has 2 aromatic rings. The van der Waals surface area contributed by atoms with E-state index in [1.54, 1.807) is 0 Å². The second-order valence-electron chi connectivity index (χ2n) is 7.76. The van der Waals surface area contributed by atoms with Crippen LogP contribution >= 0.6 is 0 Å². The summed E-state index contributed by atoms with van der Waals surface area (Å²) in [6.45, 7) is 8.06. The standard InChI is InChI=1S/C19H29N5O3/c1-4-5-7-24-18-16(14(22-24)9-12(2)3)17(20-11-21-18)23-8-6-15(25)13(10-23)19(26)27/h11-13,15,25H,4-10H2,1-3H3,(H,26,27)/t13-,15-/m1/s1. The molecule has 1 aliphatic heterocycles. The molecular formula is C19H29N5O3. The molecule has 27 heavy (non-hydrogen) atoms. The van der Waals surface area contributed by atoms with Crippen molar-refractivity contribution < 1.29 is 15.0 Å². The summed E-state index contributed by atoms with van der Waals surface area (Å²) in [5, 5.41) is 25.2. The number of rotatable bonds is 7. The molecule has 0 spiro atoms. The van der Waals surface area contributed by atoms with Crippen LogP contribution in [0.4, 0.5) is 5.82 Å². The first-order valence-electron chi connectivity index (χ1n) is 9.78. The van der Waals surface area contributed by atoms with E-state index < -0.39 is 18.0 Å². The van der Waals surface area contributed by atoms with E-state index in [9.17, 15) is 15.0 Å². The van der Waals surface area contributed by atoms with Crippen molar-refractivity contribution in [3.63, 3.8) is 0 Å². The van der Waals surface area contributed by atoms with Crippen molar-refractivity contribution in [2.75, 3.05) is 18.0 Å². The van der Waals surface area contributed by atoms with Crippen LogP contribution in [0.5, 0.6) is 0 Å². The fraction of sp³-hybridized carbons (Fsp3) is 0.684. The van der Waals surface area contributed by atoms with Crippen LogP contribution in [0, 0.1) is 11.8 Å². The van der Waals surface area contributed by atoms with E-state index in [1.807, 2.05) is 9.58 Å². The molecule has 0 aromatic carbocycles. The second kappa shape index (κ2) is 8.21. The Kier molecular flexibility index (Phi) is 5.94. The van der Waals surface area contributed by atoms with Crippen LogP contribution in [0.3, 0.4) is 0 Å². The maximum atomic E-state index is 11.5. The van der Waals surface area contributed by atoms with Crippen LogP contribution in [0.1, 0.15) is 45.7 Å². The Morgan fingerprint density at radius 3 is 2.81 bits per heavy atom. The predicted octanol–water partition coefficient (Wildman–Crippen LogP) is 2.10. The van der Waals surface area contributed by atoms with Crippen LogP contribution in [-0.4, -0.2) is 55.1 Å². The summed E-state index contributed by atoms with van der Waals surface area (Å²) in [5.74, 6) is -0.617. The molecule has 148 valence electrons. The molecule has 0 bridgehead atoms. The lowest BCUT2D eigenvalue weighted by Gasteiger charge is -2.35. The number of aromatic nitrogens is 4. The van der Waals surface area contributed by atoms with E-state index in [1.165, 1.54) is 6.33 Å². The van der Waals surface area contributed by atoms with Crippen molar-refractivity contribution >= 4 is 22.8 Å². The minimum Gasteiger partial charge on any atom is -0.481 e. The maximum Gasteiger partial charge on any atom is 0.310 e. The predicted molar refractivity (Wildman–Crippen MR) is 103 cm³/mol. The van der Waals surface area contributed by atoms with E-state index in [0.717, 1.165) is 48.4 Å². The number of anilines is 1. The SMILES string of the molecule is CCCCn1nc(CC(C)C)c2c(N3CC[C@@H](O)[C@H](C(=O)O)C3)ncnc21. The number of carboxylic acid groups (broad SMARTS) is 1. The van der Waals surface area contributed by atoms with Crippen molar-refractivity contribution in [2.45, 2.75) is 59.1 Å². The van der Waals surface area contributed by atoms with Gasteiger partial charge in [0.25, 0.3) is 0 Å². The molecule has 2 N–H and O–H groups in total. The molecular weight excluding hydrogens is 346 g/mol. The van der Waals surface area contributed by atoms with Gasteiger partial charge in [0, 0.05) is 19.6 Å². The monoisotopic (exact) mass is 375 g/mol. The van der Waals surface area contributed by atoms with Gasteiger partial charge < -0.3 is 15.1 Å². The van der Waals surface area contributed by atoms with E-state index in [0.29, 0.717) is 18.9 Å². The molecule has 0 amide bonds. The summed E-state index contributed by atoms with van der Waals surface area (Å²) in [7, 11) is 0. The van der Waals surface area contributed by atoms with Gasteiger partial charge in [0.05, 0.1) is 17.2 Å². The summed E-state index contributed by atoms with van der Waals surface area (Å²) < 4.78 is 1.95. The van der Waals surface area contributed by atoms with Crippen molar-refractivity contribution in [1.82, 2.24) is 19.7 Å². The smallest absolute Gasteiger partial charge is 0.310 e. The van der Waals surface area contributed by atoms with E-state index in [-0.39, 0.29) is 6.54 Å². The molecule has 1 aliphatic rings. The van der Waals surface area contributed by atoms with Crippen molar-refractivity contribution in [3.05, 3.63) is 12.0 Å². The highest BCUT2D eigenvalue weighted by Crippen LogP contribution is 2.31. The quantitative estimate of drug-likeness (QED) is 0.763. The molecule has 0 unspecified atom stereocenters. The van der Waals surface area contributed by atoms with Gasteiger partial charge in [-0.05, 0) is 25.2 Å². The molecule has 0 radical (unpaired) electrons. The Morgan fingerprint density at radius 2 is 2.15 bits per heavy atom. The van der Waals surface area contributed by atoms with Gasteiger partial charge >= 0.3 is 5.97 Å². The minimum absolute atomic E-state index is 0.240. The van der Waals surface area contributed by atoms with Gasteiger partial charge in [0.2, 0.25) is 0 Å². The molecule has 3 heterocycles. The largest absolute Gasteiger partial charge is 0.481 e. The van der Waals surface area contributed by atoms with Crippen molar-refractivity contribution in [2.24, 2.45) is 11.8 Å². The number of piperidine rings is 1. The molecule has 0 aliphatic carbocycles. The number of nitrogens with zero attached hydrogens (tertiary/aromatic N) is 5. The Hall–Kier alpha value is -2.22. The number of hydrogen-bond acceptors (Lipinski definition) is 6. The lowest BCUT2D eigenvalue weighted by Crippen LogP contribution is -2.47. The molecule has 1 saturated heterocycles. The maximum absolute atomic E-state index is 11.5. The number of aryl methyl sites for hydroxylation is 1. The number of carbonyl (C=O) groups is 1. The number of fused-ring (bicyclic) bond motifs is 1. The summed E-state index contributed by atoms with van der Waals surface area (Å²) in [6.07, 6.45) is 4.03. The second-order valence-corrected chi connectivity index (χ2v) is 7.76. The van der Waals surface area contributed by atoms with E-state index in [4.69, 9.17) is 5.10 Å². The lowest BCUT2D eigenvalue weighted by molar-refractivity contribution is -0.146. The van der Waals surface area contributed by atoms with Crippen molar-refractivity contribution in [3.8, 4) is 0 Å². The third kappa shape index (κ3) is 4.05. The highest BCUT2D eigenvalue weighted by atomic mass is 16.4. The summed E-state index contributed by atoms with van der Waals surface area (Å²) >= 11 is 0. The first kappa shape index (κ1) is 19.5. The number of unbranched alkanes of at least 4 members (excludes halogenated alkanes) is 1. The zero-order chi connectivity index (χ0) is 19.6. The molecule has 3 rings (SSSR count). The fourth-order valence-electron chi connectivity index (χ4n) is 3.67. The third-order valence-corrected chi connectivity index (χ3v) is 5.10. The minimum atomic E-state index is -0.974. The van der Waals surface area contributed by atoms with E-state index in [2.05, 4.69) is 30.7 Å². The number of aliphatic hydroxyl groups excluding tert-OH is 1. The number of hydrogen-bond donors (Lipinski definition) is 2. The molecule has 2 aromatic heterocycles. The number of aliphatic hydroxyl groups is 1. The van der Waals surface area contributed by atoms with Gasteiger partial charge in [0.1, 0.15) is 18.1 Å². The molecule has 8 nitrogen and oxygen atoms in total. The van der Waals surface area contributed by atoms with Crippen LogP contribution in [0.15, 0.2) is 6.33 Å². The van der Waals surface area contributed by atoms with Crippen molar-refractivity contribution in [1.29, 1.82) is 0 Å². The Balaban J connectivity index is 2.04. The normalized spacial score (nSPS) is 20.6. The average Bonchev–Trinajstić information content (AvgIpc) is 2.97. The zero-order valence-corrected chi connectivity index (χ0v) is 16.3. The van der Waals surface area contributed by atoms with Gasteiger partial charge in [-0.15, -0.1) is 0 Å². The number of aliphatic carboxylic acids is 1. The van der Waals surface area contributed by atoms with Gasteiger partial charge in [-0.1, -0.05) is 27.2 Å². The van der Waals surface area contributed by atoms with Crippen LogP contribution in [0.2, 0.25) is 0 Å². The Morgan fingerprint density at radius 1 is 1.37 bits per heavy atom. The van der Waals surface area contributed by atoms with Crippen LogP contribution in [-0.2, 0) is 17.8 Å². The molecule has 1 fully saturated rings. The van der Waals surface area contributed by atoms with Gasteiger partial charge in [-0.2, -0.15) is 5.10 Å². The molecule has 0 saturated carbocycles. The summed E-state index contributed by atoms with van der Waals surface area (Å²) in [6, 6.07) is 0. The molecule has 8 heteroatoms. The highest BCUT2D eigenvalue weighted by Gasteiger charge is 2.35. The van der Waals surface area contributed by atoms with Gasteiger partial charge in [0.15, 0.2) is 5.65 Å². The number of carboxylic acids is 1. The first-order chi connectivity index (χ1) is 12.9. The topological polar surface area (TPSA) is 104 Å². The summed E-state index contributed by atoms with van der Waals surface area (Å²) in [4.78, 5) is 22.4. The highest BCUT2D eigenvalue weighted by molar-refractivity contribution is 5.90. The molecule has 2 atom stereocenters.